The highest BCUT2D eigenvalue weighted by Crippen LogP contribution is 2.20. The summed E-state index contributed by atoms with van der Waals surface area (Å²) in [6.45, 7) is -0.159. The second-order valence-corrected chi connectivity index (χ2v) is 3.43. The Morgan fingerprint density at radius 2 is 2.21 bits per heavy atom. The van der Waals surface area contributed by atoms with Gasteiger partial charge in [-0.25, -0.2) is 9.18 Å². The van der Waals surface area contributed by atoms with Gasteiger partial charge in [0.2, 0.25) is 0 Å². The van der Waals surface area contributed by atoms with Crippen molar-refractivity contribution in [3.05, 3.63) is 28.5 Å². The van der Waals surface area contributed by atoms with Crippen LogP contribution in [0.4, 0.5) is 4.39 Å². The van der Waals surface area contributed by atoms with E-state index in [0.29, 0.717) is 4.47 Å². The molecule has 0 N–H and O–H groups in total. The Hall–Kier alpha value is -0.940. The van der Waals surface area contributed by atoms with Crippen molar-refractivity contribution in [2.45, 2.75) is 0 Å². The van der Waals surface area contributed by atoms with Crippen LogP contribution in [0.15, 0.2) is 22.7 Å². The van der Waals surface area contributed by atoms with Crippen LogP contribution in [0, 0.1) is 5.82 Å². The molecule has 1 rings (SSSR count). The molecule has 0 aliphatic carbocycles. The normalized spacial score (nSPS) is 9.93. The lowest BCUT2D eigenvalue weighted by atomic mass is 10.3. The molecule has 0 radical (unpaired) electrons. The van der Waals surface area contributed by atoms with Crippen LogP contribution in [-0.2, 0) is 9.53 Å². The van der Waals surface area contributed by atoms with Gasteiger partial charge in [0.15, 0.2) is 0 Å². The molecular weight excluding hydrogens is 255 g/mol. The summed E-state index contributed by atoms with van der Waals surface area (Å²) < 4.78 is 22.7. The van der Waals surface area contributed by atoms with Crippen LogP contribution in [-0.4, -0.2) is 19.7 Å². The summed E-state index contributed by atoms with van der Waals surface area (Å²) in [7, 11) is 1.38. The maximum Gasteiger partial charge on any atom is 0.337 e. The zero-order valence-electron chi connectivity index (χ0n) is 7.42. The van der Waals surface area contributed by atoms with Crippen molar-refractivity contribution in [1.82, 2.24) is 0 Å². The maximum atomic E-state index is 12.8. The fourth-order valence-corrected chi connectivity index (χ4v) is 1.31. The van der Waals surface area contributed by atoms with Crippen LogP contribution < -0.4 is 4.74 Å². The van der Waals surface area contributed by atoms with Crippen LogP contribution in [0.2, 0.25) is 0 Å². The van der Waals surface area contributed by atoms with E-state index in [1.807, 2.05) is 0 Å². The molecule has 0 saturated heterocycles. The van der Waals surface area contributed by atoms with Crippen molar-refractivity contribution in [2.75, 3.05) is 13.7 Å². The Kier molecular flexibility index (Phi) is 4.03. The average molecular weight is 263 g/mol. The molecule has 3 nitrogen and oxygen atoms in total. The summed E-state index contributed by atoms with van der Waals surface area (Å²) in [6.07, 6.45) is 0. The Morgan fingerprint density at radius 3 is 2.79 bits per heavy atom. The van der Waals surface area contributed by atoms with Gasteiger partial charge in [-0.1, -0.05) is 15.9 Å². The maximum absolute atomic E-state index is 12.8. The predicted molar refractivity (Wildman–Crippen MR) is 51.6 cm³/mol. The number of methoxy groups -OCH3 is 1. The molecule has 0 aliphatic heterocycles. The lowest BCUT2D eigenvalue weighted by Crippen LogP contribution is -2.14. The van der Waals surface area contributed by atoms with Crippen molar-refractivity contribution >= 4 is 21.9 Å². The van der Waals surface area contributed by atoms with Gasteiger partial charge in [0.25, 0.3) is 0 Å². The number of carbonyl (C=O) groups excluding carboxylic acids is 1. The molecule has 1 aromatic rings. The first-order chi connectivity index (χ1) is 6.61. The summed E-state index contributed by atoms with van der Waals surface area (Å²) in [5, 5.41) is 0. The molecule has 0 atom stereocenters. The van der Waals surface area contributed by atoms with Gasteiger partial charge < -0.3 is 9.47 Å². The average Bonchev–Trinajstić information content (AvgIpc) is 2.01. The van der Waals surface area contributed by atoms with Crippen molar-refractivity contribution < 1.29 is 18.7 Å². The molecule has 0 fully saturated rings. The van der Waals surface area contributed by atoms with Crippen LogP contribution in [0.1, 0.15) is 0 Å². The number of esters is 1. The molecule has 0 amide bonds. The smallest absolute Gasteiger partial charge is 0.337 e. The lowest BCUT2D eigenvalue weighted by Gasteiger charge is -2.03. The van der Waals surface area contributed by atoms with E-state index in [1.54, 1.807) is 0 Å². The van der Waals surface area contributed by atoms with Crippen LogP contribution in [0.25, 0.3) is 0 Å². The Morgan fingerprint density at radius 1 is 1.50 bits per heavy atom. The topological polar surface area (TPSA) is 35.5 Å². The monoisotopic (exact) mass is 262 g/mol. The Bertz CT molecular complexity index is 321. The zero-order valence-corrected chi connectivity index (χ0v) is 9.01. The van der Waals surface area contributed by atoms with Crippen molar-refractivity contribution in [3.63, 3.8) is 0 Å². The predicted octanol–water partition coefficient (Wildman–Crippen LogP) is 2.14. The second kappa shape index (κ2) is 5.07. The van der Waals surface area contributed by atoms with Gasteiger partial charge >= 0.3 is 5.97 Å². The number of rotatable bonds is 3. The van der Waals surface area contributed by atoms with Gasteiger partial charge in [0, 0.05) is 17.6 Å². The van der Waals surface area contributed by atoms with E-state index >= 15 is 0 Å². The van der Waals surface area contributed by atoms with Crippen LogP contribution >= 0.6 is 15.9 Å². The largest absolute Gasteiger partial charge is 0.425 e. The van der Waals surface area contributed by atoms with Gasteiger partial charge in [-0.05, 0) is 12.1 Å². The first-order valence-corrected chi connectivity index (χ1v) is 4.57. The van der Waals surface area contributed by atoms with Crippen LogP contribution in [0.5, 0.6) is 5.75 Å². The van der Waals surface area contributed by atoms with Gasteiger partial charge in [-0.3, -0.25) is 0 Å². The second-order valence-electron chi connectivity index (χ2n) is 2.51. The summed E-state index contributed by atoms with van der Waals surface area (Å²) in [5.41, 5.74) is 0. The minimum Gasteiger partial charge on any atom is -0.425 e. The van der Waals surface area contributed by atoms with E-state index in [1.165, 1.54) is 19.2 Å². The third-order valence-corrected chi connectivity index (χ3v) is 1.79. The minimum absolute atomic E-state index is 0.152. The summed E-state index contributed by atoms with van der Waals surface area (Å²) in [6, 6.07) is 3.89. The van der Waals surface area contributed by atoms with Gasteiger partial charge in [0.05, 0.1) is 0 Å². The van der Waals surface area contributed by atoms with E-state index in [2.05, 4.69) is 20.7 Å². The summed E-state index contributed by atoms with van der Waals surface area (Å²) >= 11 is 3.08. The Balaban J connectivity index is 2.71. The lowest BCUT2D eigenvalue weighted by molar-refractivity contribution is -0.138. The third-order valence-electron chi connectivity index (χ3n) is 1.33. The molecule has 0 bridgehead atoms. The zero-order chi connectivity index (χ0) is 10.6. The van der Waals surface area contributed by atoms with Crippen molar-refractivity contribution in [2.24, 2.45) is 0 Å². The minimum atomic E-state index is -0.565. The van der Waals surface area contributed by atoms with E-state index in [-0.39, 0.29) is 12.4 Å². The van der Waals surface area contributed by atoms with Crippen molar-refractivity contribution in [3.8, 4) is 5.75 Å². The highest BCUT2D eigenvalue weighted by Gasteiger charge is 2.05. The fraction of sp³-hybridized carbons (Fsp3) is 0.222. The van der Waals surface area contributed by atoms with Crippen LogP contribution in [0.3, 0.4) is 0 Å². The molecule has 0 aromatic heterocycles. The molecule has 0 unspecified atom stereocenters. The standard InChI is InChI=1S/C9H8BrFO3/c1-13-5-9(12)14-8-3-6(10)2-7(11)4-8/h2-4H,5H2,1H3. The van der Waals surface area contributed by atoms with Gasteiger partial charge in [-0.15, -0.1) is 0 Å². The molecular formula is C9H8BrFO3. The van der Waals surface area contributed by atoms with Gasteiger partial charge in [-0.2, -0.15) is 0 Å². The summed E-state index contributed by atoms with van der Waals surface area (Å²) in [4.78, 5) is 11.0. The van der Waals surface area contributed by atoms with E-state index in [9.17, 15) is 9.18 Å². The highest BCUT2D eigenvalue weighted by molar-refractivity contribution is 9.10. The number of carbonyl (C=O) groups is 1. The molecule has 1 aromatic carbocycles. The first kappa shape index (κ1) is 11.1. The quantitative estimate of drug-likeness (QED) is 0.619. The number of hydrogen-bond acceptors (Lipinski definition) is 3. The molecule has 0 heterocycles. The Labute approximate surface area is 88.9 Å². The molecule has 14 heavy (non-hydrogen) atoms. The fourth-order valence-electron chi connectivity index (χ4n) is 0.866. The summed E-state index contributed by atoms with van der Waals surface area (Å²) in [5.74, 6) is -0.886. The van der Waals surface area contributed by atoms with Crippen molar-refractivity contribution in [1.29, 1.82) is 0 Å². The van der Waals surface area contributed by atoms with E-state index in [0.717, 1.165) is 6.07 Å². The molecule has 0 spiro atoms. The molecule has 76 valence electrons. The van der Waals surface area contributed by atoms with E-state index in [4.69, 9.17) is 4.74 Å². The highest BCUT2D eigenvalue weighted by atomic mass is 79.9. The molecule has 5 heteroatoms. The van der Waals surface area contributed by atoms with E-state index < -0.39 is 11.8 Å². The number of ether oxygens (including phenoxy) is 2. The number of benzene rings is 1. The SMILES string of the molecule is COCC(=O)Oc1cc(F)cc(Br)c1. The first-order valence-electron chi connectivity index (χ1n) is 3.77. The third kappa shape index (κ3) is 3.43. The molecule has 0 saturated carbocycles. The van der Waals surface area contributed by atoms with Gasteiger partial charge in [0.1, 0.15) is 18.2 Å². The number of hydrogen-bond donors (Lipinski definition) is 0. The molecule has 0 aliphatic rings. The number of halogens is 2.